The molecule has 2 aromatic carbocycles. The number of carbonyl (C=O) groups excluding carboxylic acids is 1. The predicted octanol–water partition coefficient (Wildman–Crippen LogP) is 2.89. The molecule has 0 saturated carbocycles. The van der Waals surface area contributed by atoms with E-state index in [2.05, 4.69) is 5.32 Å². The molecule has 8 nitrogen and oxygen atoms in total. The van der Waals surface area contributed by atoms with Crippen molar-refractivity contribution >= 4 is 21.6 Å². The number of hydrogen-bond acceptors (Lipinski definition) is 6. The fourth-order valence-electron chi connectivity index (χ4n) is 3.36. The van der Waals surface area contributed by atoms with Gasteiger partial charge in [0.2, 0.25) is 15.9 Å². The standard InChI is InChI=1S/C22H28N2O6S/c1-16(17-9-10-20-21(14-17)30-13-12-29-20)23-22(25)8-5-11-24(31(3,26)27)18-6-4-7-19(15-18)28-2/h4,6-7,9-10,14-16H,5,8,11-13H2,1-3H3,(H,23,25)/t16-/m1/s1. The van der Waals surface area contributed by atoms with E-state index in [0.717, 1.165) is 11.8 Å². The molecule has 1 aliphatic heterocycles. The number of fused-ring (bicyclic) bond motifs is 1. The molecule has 3 rings (SSSR count). The van der Waals surface area contributed by atoms with Crippen LogP contribution in [0, 0.1) is 0 Å². The van der Waals surface area contributed by atoms with E-state index < -0.39 is 10.0 Å². The summed E-state index contributed by atoms with van der Waals surface area (Å²) >= 11 is 0. The van der Waals surface area contributed by atoms with Crippen molar-refractivity contribution in [1.82, 2.24) is 5.32 Å². The van der Waals surface area contributed by atoms with Gasteiger partial charge in [0.1, 0.15) is 19.0 Å². The van der Waals surface area contributed by atoms with Gasteiger partial charge < -0.3 is 19.5 Å². The zero-order valence-electron chi connectivity index (χ0n) is 18.0. The van der Waals surface area contributed by atoms with Gasteiger partial charge in [-0.25, -0.2) is 8.42 Å². The third kappa shape index (κ3) is 6.04. The minimum atomic E-state index is -3.50. The van der Waals surface area contributed by atoms with Crippen LogP contribution in [0.2, 0.25) is 0 Å². The van der Waals surface area contributed by atoms with Crippen molar-refractivity contribution in [2.45, 2.75) is 25.8 Å². The molecular formula is C22H28N2O6S. The van der Waals surface area contributed by atoms with Crippen LogP contribution in [-0.2, 0) is 14.8 Å². The highest BCUT2D eigenvalue weighted by atomic mass is 32.2. The van der Waals surface area contributed by atoms with Crippen LogP contribution in [0.15, 0.2) is 42.5 Å². The molecule has 1 amide bonds. The summed E-state index contributed by atoms with van der Waals surface area (Å²) in [5.74, 6) is 1.79. The molecule has 1 N–H and O–H groups in total. The number of hydrogen-bond donors (Lipinski definition) is 1. The summed E-state index contributed by atoms with van der Waals surface area (Å²) in [4.78, 5) is 12.4. The average Bonchev–Trinajstić information content (AvgIpc) is 2.75. The summed E-state index contributed by atoms with van der Waals surface area (Å²) in [6, 6.07) is 12.2. The summed E-state index contributed by atoms with van der Waals surface area (Å²) in [5, 5.41) is 2.95. The summed E-state index contributed by atoms with van der Waals surface area (Å²) < 4.78 is 42.1. The van der Waals surface area contributed by atoms with Gasteiger partial charge in [-0.15, -0.1) is 0 Å². The summed E-state index contributed by atoms with van der Waals surface area (Å²) in [7, 11) is -1.97. The highest BCUT2D eigenvalue weighted by Gasteiger charge is 2.19. The molecule has 0 bridgehead atoms. The molecule has 0 unspecified atom stereocenters. The summed E-state index contributed by atoms with van der Waals surface area (Å²) in [5.41, 5.74) is 1.42. The van der Waals surface area contributed by atoms with E-state index in [1.54, 1.807) is 24.3 Å². The molecule has 0 aliphatic carbocycles. The van der Waals surface area contributed by atoms with Gasteiger partial charge in [-0.1, -0.05) is 12.1 Å². The van der Waals surface area contributed by atoms with Crippen LogP contribution < -0.4 is 23.8 Å². The van der Waals surface area contributed by atoms with Crippen LogP contribution in [-0.4, -0.2) is 47.4 Å². The fraction of sp³-hybridized carbons (Fsp3) is 0.409. The zero-order valence-corrected chi connectivity index (χ0v) is 18.8. The second-order valence-electron chi connectivity index (χ2n) is 7.33. The molecule has 2 aromatic rings. The van der Waals surface area contributed by atoms with Crippen molar-refractivity contribution in [2.24, 2.45) is 0 Å². The SMILES string of the molecule is COc1cccc(N(CCCC(=O)N[C@H](C)c2ccc3c(c2)OCCO3)S(C)(=O)=O)c1. The Hall–Kier alpha value is -2.94. The lowest BCUT2D eigenvalue weighted by Gasteiger charge is -2.23. The molecule has 0 aromatic heterocycles. The predicted molar refractivity (Wildman–Crippen MR) is 118 cm³/mol. The second kappa shape index (κ2) is 9.91. The molecule has 1 heterocycles. The number of nitrogens with one attached hydrogen (secondary N) is 1. The molecule has 9 heteroatoms. The molecule has 31 heavy (non-hydrogen) atoms. The number of nitrogens with zero attached hydrogens (tertiary/aromatic N) is 1. The number of rotatable bonds is 9. The quantitative estimate of drug-likeness (QED) is 0.634. The first kappa shape index (κ1) is 22.7. The number of carbonyl (C=O) groups is 1. The van der Waals surface area contributed by atoms with Crippen molar-refractivity contribution in [3.63, 3.8) is 0 Å². The first-order valence-electron chi connectivity index (χ1n) is 10.1. The Morgan fingerprint density at radius 3 is 2.61 bits per heavy atom. The van der Waals surface area contributed by atoms with E-state index in [1.807, 2.05) is 25.1 Å². The highest BCUT2D eigenvalue weighted by Crippen LogP contribution is 2.32. The minimum Gasteiger partial charge on any atom is -0.497 e. The Morgan fingerprint density at radius 1 is 1.16 bits per heavy atom. The van der Waals surface area contributed by atoms with E-state index in [0.29, 0.717) is 42.6 Å². The average molecular weight is 449 g/mol. The molecule has 0 radical (unpaired) electrons. The van der Waals surface area contributed by atoms with Gasteiger partial charge in [0.05, 0.1) is 25.1 Å². The maximum absolute atomic E-state index is 12.4. The van der Waals surface area contributed by atoms with Crippen molar-refractivity contribution in [2.75, 3.05) is 37.4 Å². The third-order valence-electron chi connectivity index (χ3n) is 4.95. The van der Waals surface area contributed by atoms with Crippen LogP contribution in [0.4, 0.5) is 5.69 Å². The van der Waals surface area contributed by atoms with Crippen LogP contribution in [0.3, 0.4) is 0 Å². The Bertz CT molecular complexity index is 1020. The first-order valence-corrected chi connectivity index (χ1v) is 11.9. The van der Waals surface area contributed by atoms with Gasteiger partial charge in [0, 0.05) is 19.0 Å². The van der Waals surface area contributed by atoms with E-state index in [-0.39, 0.29) is 24.9 Å². The second-order valence-corrected chi connectivity index (χ2v) is 9.24. The number of anilines is 1. The van der Waals surface area contributed by atoms with E-state index >= 15 is 0 Å². The van der Waals surface area contributed by atoms with Crippen molar-refractivity contribution in [3.8, 4) is 17.2 Å². The monoisotopic (exact) mass is 448 g/mol. The number of sulfonamides is 1. The maximum atomic E-state index is 12.4. The van der Waals surface area contributed by atoms with Gasteiger partial charge in [0.15, 0.2) is 11.5 Å². The van der Waals surface area contributed by atoms with Gasteiger partial charge in [-0.05, 0) is 43.2 Å². The first-order chi connectivity index (χ1) is 14.8. The molecule has 0 saturated heterocycles. The lowest BCUT2D eigenvalue weighted by Crippen LogP contribution is -2.32. The van der Waals surface area contributed by atoms with E-state index in [9.17, 15) is 13.2 Å². The Labute approximate surface area is 183 Å². The third-order valence-corrected chi connectivity index (χ3v) is 6.14. The maximum Gasteiger partial charge on any atom is 0.232 e. The molecule has 0 spiro atoms. The Morgan fingerprint density at radius 2 is 1.90 bits per heavy atom. The molecule has 1 atom stereocenters. The number of ether oxygens (including phenoxy) is 3. The van der Waals surface area contributed by atoms with Gasteiger partial charge >= 0.3 is 0 Å². The number of amides is 1. The molecular weight excluding hydrogens is 420 g/mol. The minimum absolute atomic E-state index is 0.151. The summed E-state index contributed by atoms with van der Waals surface area (Å²) in [6.07, 6.45) is 1.73. The van der Waals surface area contributed by atoms with Crippen LogP contribution in [0.1, 0.15) is 31.4 Å². The lowest BCUT2D eigenvalue weighted by atomic mass is 10.1. The Kier molecular flexibility index (Phi) is 7.27. The normalized spacial score (nSPS) is 13.9. The van der Waals surface area contributed by atoms with Crippen LogP contribution in [0.25, 0.3) is 0 Å². The van der Waals surface area contributed by atoms with E-state index in [4.69, 9.17) is 14.2 Å². The van der Waals surface area contributed by atoms with Crippen LogP contribution in [0.5, 0.6) is 17.2 Å². The molecule has 168 valence electrons. The van der Waals surface area contributed by atoms with Crippen molar-refractivity contribution in [3.05, 3.63) is 48.0 Å². The van der Waals surface area contributed by atoms with Gasteiger partial charge in [-0.2, -0.15) is 0 Å². The van der Waals surface area contributed by atoms with Crippen molar-refractivity contribution < 1.29 is 27.4 Å². The van der Waals surface area contributed by atoms with Gasteiger partial charge in [0.25, 0.3) is 0 Å². The largest absolute Gasteiger partial charge is 0.497 e. The summed E-state index contributed by atoms with van der Waals surface area (Å²) in [6.45, 7) is 3.11. The lowest BCUT2D eigenvalue weighted by molar-refractivity contribution is -0.121. The van der Waals surface area contributed by atoms with Crippen molar-refractivity contribution in [1.29, 1.82) is 0 Å². The smallest absolute Gasteiger partial charge is 0.232 e. The number of methoxy groups -OCH3 is 1. The fourth-order valence-corrected chi connectivity index (χ4v) is 4.32. The Balaban J connectivity index is 1.56. The highest BCUT2D eigenvalue weighted by molar-refractivity contribution is 7.92. The number of benzene rings is 2. The topological polar surface area (TPSA) is 94.2 Å². The van der Waals surface area contributed by atoms with Crippen LogP contribution >= 0.6 is 0 Å². The van der Waals surface area contributed by atoms with Gasteiger partial charge in [-0.3, -0.25) is 9.10 Å². The van der Waals surface area contributed by atoms with E-state index in [1.165, 1.54) is 11.4 Å². The molecule has 1 aliphatic rings. The molecule has 0 fully saturated rings. The zero-order chi connectivity index (χ0) is 22.4.